The molecule has 0 saturated heterocycles. The Morgan fingerprint density at radius 1 is 0.893 bits per heavy atom. The molecule has 4 bridgehead atoms. The van der Waals surface area contributed by atoms with Gasteiger partial charge in [0, 0.05) is 25.2 Å². The summed E-state index contributed by atoms with van der Waals surface area (Å²) in [6, 6.07) is 0. The van der Waals surface area contributed by atoms with E-state index in [4.69, 9.17) is 10.1 Å². The zero-order valence-corrected chi connectivity index (χ0v) is 17.4. The topological polar surface area (TPSA) is 95.0 Å². The van der Waals surface area contributed by atoms with Crippen molar-refractivity contribution in [1.82, 2.24) is 15.0 Å². The number of aliphatic hydroxyl groups is 1. The maximum atomic E-state index is 9.05. The minimum absolute atomic E-state index is 0.163. The van der Waals surface area contributed by atoms with Crippen LogP contribution in [0, 0.1) is 23.7 Å². The molecule has 28 heavy (non-hydrogen) atoms. The number of rotatable bonds is 10. The van der Waals surface area contributed by atoms with Crippen molar-refractivity contribution in [2.24, 2.45) is 23.7 Å². The molecule has 4 fully saturated rings. The zero-order chi connectivity index (χ0) is 19.6. The summed E-state index contributed by atoms with van der Waals surface area (Å²) in [6.07, 6.45) is 9.81. The van der Waals surface area contributed by atoms with Gasteiger partial charge >= 0.3 is 0 Å². The molecule has 0 unspecified atom stereocenters. The molecule has 0 spiro atoms. The number of anilines is 3. The van der Waals surface area contributed by atoms with E-state index >= 15 is 0 Å². The van der Waals surface area contributed by atoms with Crippen LogP contribution in [0.2, 0.25) is 0 Å². The van der Waals surface area contributed by atoms with Crippen LogP contribution in [-0.2, 0) is 0 Å². The van der Waals surface area contributed by atoms with E-state index in [0.717, 1.165) is 30.7 Å². The molecule has 1 aromatic rings. The quantitative estimate of drug-likeness (QED) is 0.456. The van der Waals surface area contributed by atoms with Crippen LogP contribution in [0.1, 0.15) is 65.2 Å². The highest BCUT2D eigenvalue weighted by Gasteiger charge is 2.51. The van der Waals surface area contributed by atoms with E-state index in [1.807, 2.05) is 0 Å². The molecule has 0 aliphatic heterocycles. The van der Waals surface area contributed by atoms with E-state index in [0.29, 0.717) is 36.7 Å². The molecule has 0 amide bonds. The second-order valence-corrected chi connectivity index (χ2v) is 9.74. The van der Waals surface area contributed by atoms with E-state index < -0.39 is 0 Å². The molecule has 1 aromatic heterocycles. The molecule has 4 aliphatic rings. The molecule has 0 radical (unpaired) electrons. The van der Waals surface area contributed by atoms with Gasteiger partial charge in [0.2, 0.25) is 17.8 Å². The first-order valence-electron chi connectivity index (χ1n) is 11.2. The Balaban J connectivity index is 1.49. The van der Waals surface area contributed by atoms with Crippen molar-refractivity contribution in [3.63, 3.8) is 0 Å². The molecule has 7 nitrogen and oxygen atoms in total. The zero-order valence-electron chi connectivity index (χ0n) is 17.4. The van der Waals surface area contributed by atoms with Crippen LogP contribution in [0.3, 0.4) is 0 Å². The lowest BCUT2D eigenvalue weighted by Crippen LogP contribution is -2.55. The summed E-state index contributed by atoms with van der Waals surface area (Å²) in [5, 5.41) is 19.4. The summed E-state index contributed by atoms with van der Waals surface area (Å²) in [6.45, 7) is 6.11. The van der Waals surface area contributed by atoms with Crippen molar-refractivity contribution >= 4 is 17.8 Å². The lowest BCUT2D eigenvalue weighted by Gasteiger charge is -2.56. The van der Waals surface area contributed by atoms with Gasteiger partial charge in [-0.25, -0.2) is 0 Å². The third kappa shape index (κ3) is 4.67. The fraction of sp³-hybridized carbons (Fsp3) is 0.857. The monoisotopic (exact) mass is 388 g/mol. The number of nitrogens with zero attached hydrogens (tertiary/aromatic N) is 3. The predicted octanol–water partition coefficient (Wildman–Crippen LogP) is 3.50. The highest BCUT2D eigenvalue weighted by molar-refractivity contribution is 5.44. The fourth-order valence-electron chi connectivity index (χ4n) is 5.84. The van der Waals surface area contributed by atoms with E-state index in [1.54, 1.807) is 0 Å². The standard InChI is InChI=1S/C21H36N6O/c1-14(2)4-6-23-19-24-18(22-5-3-7-28)25-20(26-19)27-21-11-15-8-16(12-21)10-17(9-15)13-21/h14-17,28H,3-13H2,1-2H3,(H3,22,23,24,25,26,27). The molecule has 0 aromatic carbocycles. The molecule has 7 heteroatoms. The summed E-state index contributed by atoms with van der Waals surface area (Å²) in [4.78, 5) is 13.9. The van der Waals surface area contributed by atoms with Gasteiger partial charge in [-0.15, -0.1) is 0 Å². The average molecular weight is 389 g/mol. The average Bonchev–Trinajstić information content (AvgIpc) is 2.60. The van der Waals surface area contributed by atoms with Gasteiger partial charge in [-0.2, -0.15) is 15.0 Å². The lowest BCUT2D eigenvalue weighted by molar-refractivity contribution is 0.0103. The van der Waals surface area contributed by atoms with E-state index in [2.05, 4.69) is 39.8 Å². The van der Waals surface area contributed by atoms with Crippen molar-refractivity contribution in [3.8, 4) is 0 Å². The van der Waals surface area contributed by atoms with Crippen molar-refractivity contribution in [1.29, 1.82) is 0 Å². The van der Waals surface area contributed by atoms with Crippen molar-refractivity contribution in [2.45, 2.75) is 70.8 Å². The van der Waals surface area contributed by atoms with Gasteiger partial charge in [0.05, 0.1) is 0 Å². The number of aromatic nitrogens is 3. The van der Waals surface area contributed by atoms with Crippen LogP contribution in [0.25, 0.3) is 0 Å². The van der Waals surface area contributed by atoms with Crippen LogP contribution in [-0.4, -0.2) is 45.3 Å². The van der Waals surface area contributed by atoms with Gasteiger partial charge in [0.1, 0.15) is 0 Å². The molecule has 4 N–H and O–H groups in total. The van der Waals surface area contributed by atoms with E-state index in [1.165, 1.54) is 38.5 Å². The van der Waals surface area contributed by atoms with Crippen LogP contribution in [0.5, 0.6) is 0 Å². The first kappa shape index (κ1) is 19.7. The summed E-state index contributed by atoms with van der Waals surface area (Å²) in [7, 11) is 0. The maximum Gasteiger partial charge on any atom is 0.229 e. The van der Waals surface area contributed by atoms with Gasteiger partial charge in [-0.05, 0) is 75.0 Å². The first-order chi connectivity index (χ1) is 13.5. The third-order valence-electron chi connectivity index (χ3n) is 6.67. The molecule has 5 rings (SSSR count). The molecule has 1 heterocycles. The molecular formula is C21H36N6O. The fourth-order valence-corrected chi connectivity index (χ4v) is 5.84. The van der Waals surface area contributed by atoms with E-state index in [9.17, 15) is 0 Å². The summed E-state index contributed by atoms with van der Waals surface area (Å²) in [5.74, 6) is 5.19. The van der Waals surface area contributed by atoms with Crippen molar-refractivity contribution < 1.29 is 5.11 Å². The summed E-state index contributed by atoms with van der Waals surface area (Å²) in [5.41, 5.74) is 0.174. The van der Waals surface area contributed by atoms with Crippen LogP contribution >= 0.6 is 0 Å². The number of aliphatic hydroxyl groups excluding tert-OH is 1. The van der Waals surface area contributed by atoms with Gasteiger partial charge in [-0.3, -0.25) is 0 Å². The Morgan fingerprint density at radius 3 is 1.96 bits per heavy atom. The largest absolute Gasteiger partial charge is 0.396 e. The third-order valence-corrected chi connectivity index (χ3v) is 6.67. The number of hydrogen-bond acceptors (Lipinski definition) is 7. The van der Waals surface area contributed by atoms with Gasteiger partial charge in [0.25, 0.3) is 0 Å². The van der Waals surface area contributed by atoms with Crippen molar-refractivity contribution in [3.05, 3.63) is 0 Å². The van der Waals surface area contributed by atoms with Gasteiger partial charge < -0.3 is 21.1 Å². The highest BCUT2D eigenvalue weighted by Crippen LogP contribution is 2.56. The minimum Gasteiger partial charge on any atom is -0.396 e. The number of hydrogen-bond donors (Lipinski definition) is 4. The Kier molecular flexibility index (Phi) is 5.90. The van der Waals surface area contributed by atoms with Crippen LogP contribution in [0.4, 0.5) is 17.8 Å². The second kappa shape index (κ2) is 8.39. The van der Waals surface area contributed by atoms with Gasteiger partial charge in [0.15, 0.2) is 0 Å². The normalized spacial score (nSPS) is 30.6. The SMILES string of the molecule is CC(C)CCNc1nc(NCCCO)nc(NC23CC4CC(CC(C4)C2)C3)n1. The van der Waals surface area contributed by atoms with Gasteiger partial charge in [-0.1, -0.05) is 13.8 Å². The summed E-state index contributed by atoms with van der Waals surface area (Å²) >= 11 is 0. The van der Waals surface area contributed by atoms with E-state index in [-0.39, 0.29) is 12.1 Å². The highest BCUT2D eigenvalue weighted by atomic mass is 16.3. The Hall–Kier alpha value is -1.63. The second-order valence-electron chi connectivity index (χ2n) is 9.74. The Morgan fingerprint density at radius 2 is 1.43 bits per heavy atom. The number of nitrogens with one attached hydrogen (secondary N) is 3. The Bertz CT molecular complexity index is 629. The predicted molar refractivity (Wildman–Crippen MR) is 112 cm³/mol. The molecule has 0 atom stereocenters. The Labute approximate surface area is 168 Å². The molecule has 156 valence electrons. The smallest absolute Gasteiger partial charge is 0.229 e. The lowest BCUT2D eigenvalue weighted by atomic mass is 9.53. The molecule has 4 aliphatic carbocycles. The molecular weight excluding hydrogens is 352 g/mol. The van der Waals surface area contributed by atoms with Crippen LogP contribution < -0.4 is 16.0 Å². The molecule has 4 saturated carbocycles. The van der Waals surface area contributed by atoms with Crippen molar-refractivity contribution in [2.75, 3.05) is 35.6 Å². The summed E-state index contributed by atoms with van der Waals surface area (Å²) < 4.78 is 0. The van der Waals surface area contributed by atoms with Crippen LogP contribution in [0.15, 0.2) is 0 Å². The first-order valence-corrected chi connectivity index (χ1v) is 11.2. The maximum absolute atomic E-state index is 9.05. The minimum atomic E-state index is 0.163.